The summed E-state index contributed by atoms with van der Waals surface area (Å²) in [5.74, 6) is -0.462. The van der Waals surface area contributed by atoms with Gasteiger partial charge in [-0.25, -0.2) is 0 Å². The second-order valence-electron chi connectivity index (χ2n) is 19.8. The summed E-state index contributed by atoms with van der Waals surface area (Å²) in [7, 11) is 0. The standard InChI is InChI=1S/C52H95NO18/c1-3-4-5-6-7-8-9-10-11-12-13-14-15-16-17-18-19-20-21-22-23-24-25-26-27-28-29-30-37(58)36(53-35(2)57)34-66-50-46(64)43(61)48(39(32-55)68-50)71-52-47(65)44(62)49(40(33-56)69-52)70-51-45(63)42(60)41(59)38(31-54)67-51/h25-26,29-30,36-52,54-56,58-65H,3-24,27-28,31-34H2,1-2H3,(H,53,57)/b26-25+,30-29+. The van der Waals surface area contributed by atoms with E-state index in [1.807, 2.05) is 0 Å². The molecule has 416 valence electrons. The molecule has 3 aliphatic rings. The van der Waals surface area contributed by atoms with Crippen molar-refractivity contribution in [2.24, 2.45) is 0 Å². The number of aliphatic hydroxyl groups excluding tert-OH is 11. The third kappa shape index (κ3) is 23.0. The Bertz CT molecular complexity index is 1410. The Kier molecular flexibility index (Phi) is 33.2. The molecule has 71 heavy (non-hydrogen) atoms. The molecule has 19 nitrogen and oxygen atoms in total. The minimum absolute atomic E-state index is 0.382. The number of carbonyl (C=O) groups excluding carboxylic acids is 1. The van der Waals surface area contributed by atoms with E-state index in [1.54, 1.807) is 6.08 Å². The van der Waals surface area contributed by atoms with Crippen molar-refractivity contribution in [2.45, 2.75) is 272 Å². The number of ether oxygens (including phenoxy) is 6. The van der Waals surface area contributed by atoms with Crippen molar-refractivity contribution in [3.8, 4) is 0 Å². The van der Waals surface area contributed by atoms with Crippen LogP contribution in [0.3, 0.4) is 0 Å². The summed E-state index contributed by atoms with van der Waals surface area (Å²) in [5, 5.41) is 118. The van der Waals surface area contributed by atoms with Crippen molar-refractivity contribution in [2.75, 3.05) is 26.4 Å². The van der Waals surface area contributed by atoms with E-state index in [0.29, 0.717) is 6.42 Å². The van der Waals surface area contributed by atoms with Gasteiger partial charge in [-0.3, -0.25) is 4.79 Å². The number of hydrogen-bond acceptors (Lipinski definition) is 18. The molecule has 17 atom stereocenters. The number of hydrogen-bond donors (Lipinski definition) is 12. The summed E-state index contributed by atoms with van der Waals surface area (Å²) in [5.41, 5.74) is 0. The van der Waals surface area contributed by atoms with Gasteiger partial charge in [-0.2, -0.15) is 0 Å². The van der Waals surface area contributed by atoms with Crippen LogP contribution in [0.2, 0.25) is 0 Å². The molecule has 3 aliphatic heterocycles. The third-order valence-corrected chi connectivity index (χ3v) is 13.8. The first-order valence-electron chi connectivity index (χ1n) is 27.0. The SMILES string of the molecule is CCCCCCCCCCCCCCCCCCCCCCC/C=C/CC/C=C/C(O)C(COC1OC(CO)C(OC2OC(CO)C(OC3OC(CO)C(O)C(O)C3O)C(O)C2O)C(O)C1O)NC(C)=O. The number of allylic oxidation sites excluding steroid dienone is 3. The second-order valence-corrected chi connectivity index (χ2v) is 19.8. The molecule has 0 bridgehead atoms. The minimum atomic E-state index is -1.97. The zero-order chi connectivity index (χ0) is 52.0. The fraction of sp³-hybridized carbons (Fsp3) is 0.904. The van der Waals surface area contributed by atoms with E-state index in [0.717, 1.165) is 19.3 Å². The molecule has 0 spiro atoms. The highest BCUT2D eigenvalue weighted by Crippen LogP contribution is 2.33. The molecule has 3 heterocycles. The zero-order valence-electron chi connectivity index (χ0n) is 42.7. The zero-order valence-corrected chi connectivity index (χ0v) is 42.7. The number of aliphatic hydroxyl groups is 11. The van der Waals surface area contributed by atoms with Crippen LogP contribution in [0.25, 0.3) is 0 Å². The Labute approximate surface area is 422 Å². The average Bonchev–Trinajstić information content (AvgIpc) is 3.36. The van der Waals surface area contributed by atoms with Crippen LogP contribution in [0.1, 0.15) is 168 Å². The highest BCUT2D eigenvalue weighted by atomic mass is 16.8. The Hall–Kier alpha value is -1.73. The fourth-order valence-corrected chi connectivity index (χ4v) is 9.36. The lowest BCUT2D eigenvalue weighted by atomic mass is 9.96. The van der Waals surface area contributed by atoms with Gasteiger partial charge in [-0.15, -0.1) is 0 Å². The van der Waals surface area contributed by atoms with Gasteiger partial charge >= 0.3 is 0 Å². The van der Waals surface area contributed by atoms with E-state index in [-0.39, 0.29) is 6.61 Å². The van der Waals surface area contributed by atoms with Crippen molar-refractivity contribution in [3.05, 3.63) is 24.3 Å². The molecule has 0 aliphatic carbocycles. The number of amides is 1. The molecule has 0 saturated carbocycles. The molecular formula is C52H95NO18. The predicted octanol–water partition coefficient (Wildman–Crippen LogP) is 2.81. The third-order valence-electron chi connectivity index (χ3n) is 13.8. The Morgan fingerprint density at radius 2 is 0.873 bits per heavy atom. The number of rotatable bonds is 38. The van der Waals surface area contributed by atoms with E-state index < -0.39 is 130 Å². The summed E-state index contributed by atoms with van der Waals surface area (Å²) < 4.78 is 33.6. The lowest BCUT2D eigenvalue weighted by Crippen LogP contribution is -2.66. The Balaban J connectivity index is 1.30. The van der Waals surface area contributed by atoms with Gasteiger partial charge in [0.15, 0.2) is 18.9 Å². The van der Waals surface area contributed by atoms with Crippen molar-refractivity contribution in [1.82, 2.24) is 5.32 Å². The largest absolute Gasteiger partial charge is 0.394 e. The van der Waals surface area contributed by atoms with Crippen molar-refractivity contribution >= 4 is 5.91 Å². The van der Waals surface area contributed by atoms with E-state index in [9.17, 15) is 61.0 Å². The lowest BCUT2D eigenvalue weighted by molar-refractivity contribution is -0.379. The molecule has 3 fully saturated rings. The van der Waals surface area contributed by atoms with Crippen LogP contribution in [0, 0.1) is 0 Å². The topological polar surface area (TPSA) is 307 Å². The highest BCUT2D eigenvalue weighted by Gasteiger charge is 2.53. The molecule has 3 rings (SSSR count). The molecule has 0 aromatic carbocycles. The fourth-order valence-electron chi connectivity index (χ4n) is 9.36. The van der Waals surface area contributed by atoms with Crippen LogP contribution in [0.4, 0.5) is 0 Å². The van der Waals surface area contributed by atoms with Crippen LogP contribution >= 0.6 is 0 Å². The van der Waals surface area contributed by atoms with Gasteiger partial charge in [0, 0.05) is 6.92 Å². The molecule has 17 unspecified atom stereocenters. The molecule has 0 aromatic rings. The summed E-state index contributed by atoms with van der Waals surface area (Å²) in [6.45, 7) is 0.730. The first-order chi connectivity index (χ1) is 34.3. The van der Waals surface area contributed by atoms with Crippen LogP contribution < -0.4 is 5.32 Å². The van der Waals surface area contributed by atoms with Crippen molar-refractivity contribution in [1.29, 1.82) is 0 Å². The van der Waals surface area contributed by atoms with Crippen LogP contribution in [-0.2, 0) is 33.2 Å². The van der Waals surface area contributed by atoms with Crippen LogP contribution in [-0.4, -0.2) is 193 Å². The summed E-state index contributed by atoms with van der Waals surface area (Å²) in [6.07, 6.45) is 11.9. The van der Waals surface area contributed by atoms with Crippen molar-refractivity contribution in [3.63, 3.8) is 0 Å². The average molecular weight is 1020 g/mol. The van der Waals surface area contributed by atoms with Crippen molar-refractivity contribution < 1.29 is 89.4 Å². The van der Waals surface area contributed by atoms with Gasteiger partial charge in [0.25, 0.3) is 0 Å². The first kappa shape index (κ1) is 63.6. The van der Waals surface area contributed by atoms with Gasteiger partial charge in [0.1, 0.15) is 73.2 Å². The van der Waals surface area contributed by atoms with Gasteiger partial charge in [0.05, 0.1) is 38.6 Å². The van der Waals surface area contributed by atoms with E-state index in [2.05, 4.69) is 24.4 Å². The van der Waals surface area contributed by atoms with E-state index in [4.69, 9.17) is 28.4 Å². The monoisotopic (exact) mass is 1020 g/mol. The molecule has 19 heteroatoms. The lowest BCUT2D eigenvalue weighted by Gasteiger charge is -2.48. The molecular weight excluding hydrogens is 927 g/mol. The Morgan fingerprint density at radius 1 is 0.493 bits per heavy atom. The maximum atomic E-state index is 12.0. The molecule has 12 N–H and O–H groups in total. The second kappa shape index (κ2) is 37.1. The van der Waals surface area contributed by atoms with Gasteiger partial charge in [-0.1, -0.05) is 160 Å². The maximum Gasteiger partial charge on any atom is 0.217 e. The predicted molar refractivity (Wildman–Crippen MR) is 263 cm³/mol. The van der Waals surface area contributed by atoms with Crippen LogP contribution in [0.15, 0.2) is 24.3 Å². The normalized spacial score (nSPS) is 32.4. The molecule has 0 aromatic heterocycles. The summed E-state index contributed by atoms with van der Waals surface area (Å²) in [6, 6.07) is -0.987. The maximum absolute atomic E-state index is 12.0. The highest BCUT2D eigenvalue weighted by molar-refractivity contribution is 5.73. The quantitative estimate of drug-likeness (QED) is 0.0313. The molecule has 3 saturated heterocycles. The molecule has 0 radical (unpaired) electrons. The van der Waals surface area contributed by atoms with E-state index in [1.165, 1.54) is 141 Å². The number of carbonyl (C=O) groups is 1. The Morgan fingerprint density at radius 3 is 1.32 bits per heavy atom. The van der Waals surface area contributed by atoms with E-state index >= 15 is 0 Å². The number of nitrogens with one attached hydrogen (secondary N) is 1. The molecule has 1 amide bonds. The van der Waals surface area contributed by atoms with Gasteiger partial charge in [0.2, 0.25) is 5.91 Å². The van der Waals surface area contributed by atoms with Crippen LogP contribution in [0.5, 0.6) is 0 Å². The number of unbranched alkanes of at least 4 members (excludes halogenated alkanes) is 22. The van der Waals surface area contributed by atoms with Gasteiger partial charge < -0.3 is 89.9 Å². The smallest absolute Gasteiger partial charge is 0.217 e. The minimum Gasteiger partial charge on any atom is -0.394 e. The summed E-state index contributed by atoms with van der Waals surface area (Å²) in [4.78, 5) is 12.0. The summed E-state index contributed by atoms with van der Waals surface area (Å²) >= 11 is 0. The van der Waals surface area contributed by atoms with Gasteiger partial charge in [-0.05, 0) is 25.7 Å². The first-order valence-corrected chi connectivity index (χ1v) is 27.0.